The SMILES string of the molecule is CC(C)Cc1cc(-c2[c-]cccc2)nc[c]1[Ge]([CH3])([CH3])[CH3].Cc1ccc2c(c1)oc1c(-c3nc4ccccc4n3-c3ccc(-c4ccccc4)cc3)[c-]cnc12.[Ir]. The standard InChI is InChI=1S/C31H20N3O.C18H24GeN.Ir/c1-20-11-16-24-28(19-20)35-30-25(17-18-32-29(24)30)31-33-26-9-5-6-10-27(26)34(31)23-14-12-22(13-15-23)21-7-3-2-4-8-21;1-14(2)11-16-12-18(15-9-7-6-8-10-15)20-13-17(16)19(3,4)5;/h2-16,18-19H,1H3;6-9,12-14H,11H2,1-5H3;/q2*-1;. The molecule has 56 heavy (non-hydrogen) atoms. The van der Waals surface area contributed by atoms with E-state index in [0.717, 1.165) is 67.8 Å². The first-order valence-electron chi connectivity index (χ1n) is 18.9. The summed E-state index contributed by atoms with van der Waals surface area (Å²) in [5.41, 5.74) is 13.3. The summed E-state index contributed by atoms with van der Waals surface area (Å²) in [5.74, 6) is 8.77. The average Bonchev–Trinajstić information content (AvgIpc) is 3.76. The molecule has 9 aromatic rings. The first-order chi connectivity index (χ1) is 26.6. The molecule has 0 unspecified atom stereocenters. The number of nitrogens with zero attached hydrogens (tertiary/aromatic N) is 4. The minimum Gasteiger partial charge on any atom is -0.513 e. The zero-order valence-electron chi connectivity index (χ0n) is 32.6. The Kier molecular flexibility index (Phi) is 11.5. The summed E-state index contributed by atoms with van der Waals surface area (Å²) in [7, 11) is 0. The molecule has 0 saturated heterocycles. The molecule has 0 saturated carbocycles. The maximum atomic E-state index is 6.34. The number of para-hydroxylation sites is 2. The fourth-order valence-corrected chi connectivity index (χ4v) is 10.6. The van der Waals surface area contributed by atoms with Gasteiger partial charge in [-0.3, -0.25) is 9.97 Å². The van der Waals surface area contributed by atoms with Crippen molar-refractivity contribution >= 4 is 50.8 Å². The van der Waals surface area contributed by atoms with Crippen molar-refractivity contribution < 1.29 is 24.5 Å². The van der Waals surface area contributed by atoms with E-state index < -0.39 is 13.3 Å². The van der Waals surface area contributed by atoms with Gasteiger partial charge in [0.05, 0.1) is 22.1 Å². The molecule has 7 heteroatoms. The molecule has 0 N–H and O–H groups in total. The van der Waals surface area contributed by atoms with Gasteiger partial charge in [0.2, 0.25) is 0 Å². The topological polar surface area (TPSA) is 56.7 Å². The van der Waals surface area contributed by atoms with Crippen LogP contribution in [-0.2, 0) is 26.5 Å². The third kappa shape index (κ3) is 8.06. The third-order valence-corrected chi connectivity index (χ3v) is 14.2. The molecule has 9 rings (SSSR count). The van der Waals surface area contributed by atoms with E-state index in [2.05, 4.69) is 145 Å². The van der Waals surface area contributed by atoms with E-state index in [-0.39, 0.29) is 20.1 Å². The Balaban J connectivity index is 0.000000197. The van der Waals surface area contributed by atoms with Crippen molar-refractivity contribution in [1.82, 2.24) is 19.5 Å². The van der Waals surface area contributed by atoms with Crippen molar-refractivity contribution in [1.29, 1.82) is 0 Å². The summed E-state index contributed by atoms with van der Waals surface area (Å²) in [6.45, 7) is 6.63. The van der Waals surface area contributed by atoms with Crippen molar-refractivity contribution in [2.75, 3.05) is 0 Å². The first-order valence-corrected chi connectivity index (χ1v) is 26.3. The van der Waals surface area contributed by atoms with Gasteiger partial charge in [0, 0.05) is 37.0 Å². The third-order valence-electron chi connectivity index (χ3n) is 9.88. The normalized spacial score (nSPS) is 11.5. The van der Waals surface area contributed by atoms with Crippen LogP contribution in [0, 0.1) is 25.0 Å². The van der Waals surface area contributed by atoms with E-state index in [0.29, 0.717) is 11.5 Å². The van der Waals surface area contributed by atoms with Gasteiger partial charge in [0.1, 0.15) is 5.58 Å². The zero-order valence-corrected chi connectivity index (χ0v) is 37.1. The van der Waals surface area contributed by atoms with Gasteiger partial charge in [-0.15, -0.1) is 11.6 Å². The van der Waals surface area contributed by atoms with Crippen molar-refractivity contribution in [2.45, 2.75) is 44.5 Å². The van der Waals surface area contributed by atoms with E-state index in [1.807, 2.05) is 48.5 Å². The number of fused-ring (bicyclic) bond motifs is 4. The van der Waals surface area contributed by atoms with Crippen LogP contribution >= 0.6 is 0 Å². The van der Waals surface area contributed by atoms with Gasteiger partial charge in [-0.05, 0) is 66.2 Å². The quantitative estimate of drug-likeness (QED) is 0.118. The summed E-state index contributed by atoms with van der Waals surface area (Å²) in [4.78, 5) is 14.3. The zero-order chi connectivity index (χ0) is 38.1. The molecular formula is C49H44GeIrN4O-2. The van der Waals surface area contributed by atoms with E-state index >= 15 is 0 Å². The number of benzene rings is 5. The fourth-order valence-electron chi connectivity index (χ4n) is 7.25. The molecule has 4 heterocycles. The number of aromatic nitrogens is 4. The van der Waals surface area contributed by atoms with E-state index in [9.17, 15) is 0 Å². The second-order valence-corrected chi connectivity index (χ2v) is 26.2. The summed E-state index contributed by atoms with van der Waals surface area (Å²) >= 11 is -1.86. The molecule has 0 aliphatic heterocycles. The molecule has 4 aromatic heterocycles. The van der Waals surface area contributed by atoms with E-state index in [4.69, 9.17) is 14.4 Å². The summed E-state index contributed by atoms with van der Waals surface area (Å²) < 4.78 is 10.1. The molecule has 5 aromatic carbocycles. The predicted molar refractivity (Wildman–Crippen MR) is 231 cm³/mol. The van der Waals surface area contributed by atoms with Gasteiger partial charge in [0.25, 0.3) is 0 Å². The van der Waals surface area contributed by atoms with Gasteiger partial charge in [0.15, 0.2) is 0 Å². The number of pyridine rings is 2. The second kappa shape index (κ2) is 16.5. The molecule has 0 aliphatic carbocycles. The Morgan fingerprint density at radius 3 is 2.23 bits per heavy atom. The minimum atomic E-state index is -1.86. The van der Waals surface area contributed by atoms with Crippen LogP contribution in [0.25, 0.3) is 72.6 Å². The maximum Gasteiger partial charge on any atom is 0.119 e. The fraction of sp³-hybridized carbons (Fsp3) is 0.163. The van der Waals surface area contributed by atoms with Crippen LogP contribution in [-0.4, -0.2) is 32.8 Å². The molecule has 281 valence electrons. The number of furan rings is 1. The molecule has 0 atom stereocenters. The minimum absolute atomic E-state index is 0. The van der Waals surface area contributed by atoms with Crippen LogP contribution < -0.4 is 4.40 Å². The number of aryl methyl sites for hydroxylation is 1. The summed E-state index contributed by atoms with van der Waals surface area (Å²) in [6.07, 6.45) is 4.99. The van der Waals surface area contributed by atoms with Crippen molar-refractivity contribution in [2.24, 2.45) is 5.92 Å². The first kappa shape index (κ1) is 39.1. The van der Waals surface area contributed by atoms with Crippen LogP contribution in [0.3, 0.4) is 0 Å². The van der Waals surface area contributed by atoms with Crippen molar-refractivity contribution in [3.05, 3.63) is 163 Å². The van der Waals surface area contributed by atoms with Crippen LogP contribution in [0.15, 0.2) is 144 Å². The van der Waals surface area contributed by atoms with Gasteiger partial charge in [-0.25, -0.2) is 0 Å². The number of hydrogen-bond donors (Lipinski definition) is 0. The number of rotatable bonds is 7. The molecule has 0 aliphatic rings. The molecule has 1 radical (unpaired) electrons. The van der Waals surface area contributed by atoms with Gasteiger partial charge >= 0.3 is 126 Å². The van der Waals surface area contributed by atoms with Gasteiger partial charge in [-0.1, -0.05) is 60.7 Å². The molecular weight excluding hydrogens is 925 g/mol. The number of imidazole rings is 1. The molecule has 0 bridgehead atoms. The monoisotopic (exact) mass is 971 g/mol. The van der Waals surface area contributed by atoms with Gasteiger partial charge in [-0.2, -0.15) is 0 Å². The predicted octanol–water partition coefficient (Wildman–Crippen LogP) is 12.1. The molecule has 5 nitrogen and oxygen atoms in total. The Labute approximate surface area is 345 Å². The molecule has 0 amide bonds. The smallest absolute Gasteiger partial charge is 0.119 e. The van der Waals surface area contributed by atoms with Crippen LogP contribution in [0.5, 0.6) is 0 Å². The maximum absolute atomic E-state index is 6.34. The van der Waals surface area contributed by atoms with E-state index in [1.54, 1.807) is 10.6 Å². The van der Waals surface area contributed by atoms with Crippen molar-refractivity contribution in [3.63, 3.8) is 0 Å². The Bertz CT molecular complexity index is 2750. The van der Waals surface area contributed by atoms with Crippen LogP contribution in [0.1, 0.15) is 25.0 Å². The molecule has 0 spiro atoms. The second-order valence-electron chi connectivity index (χ2n) is 15.6. The Morgan fingerprint density at radius 2 is 1.50 bits per heavy atom. The molecule has 0 fully saturated rings. The van der Waals surface area contributed by atoms with Crippen molar-refractivity contribution in [3.8, 4) is 39.5 Å². The summed E-state index contributed by atoms with van der Waals surface area (Å²) in [5, 5.41) is 0.996. The largest absolute Gasteiger partial charge is 0.513 e. The summed E-state index contributed by atoms with van der Waals surface area (Å²) in [6, 6.07) is 50.3. The Hall–Kier alpha value is -5.14. The Morgan fingerprint density at radius 1 is 0.768 bits per heavy atom. The average molecular weight is 970 g/mol. The van der Waals surface area contributed by atoms with Crippen LogP contribution in [0.4, 0.5) is 0 Å². The van der Waals surface area contributed by atoms with Crippen LogP contribution in [0.2, 0.25) is 17.3 Å². The van der Waals surface area contributed by atoms with Gasteiger partial charge < -0.3 is 8.98 Å². The van der Waals surface area contributed by atoms with E-state index in [1.165, 1.54) is 16.7 Å². The number of hydrogen-bond acceptors (Lipinski definition) is 4.